The molecule has 1 aromatic rings. The van der Waals surface area contributed by atoms with Crippen molar-refractivity contribution in [3.63, 3.8) is 0 Å². The molecule has 0 aliphatic carbocycles. The normalized spacial score (nSPS) is 15.6. The van der Waals surface area contributed by atoms with Crippen LogP contribution in [0.25, 0.3) is 0 Å². The van der Waals surface area contributed by atoms with Crippen LogP contribution in [0, 0.1) is 0 Å². The minimum Gasteiger partial charge on any atom is -0.478 e. The van der Waals surface area contributed by atoms with Crippen molar-refractivity contribution in [3.05, 3.63) is 18.4 Å². The molecule has 0 radical (unpaired) electrons. The molecule has 0 unspecified atom stereocenters. The van der Waals surface area contributed by atoms with Crippen LogP contribution in [-0.2, 0) is 4.84 Å². The van der Waals surface area contributed by atoms with Gasteiger partial charge in [0.25, 0.3) is 5.82 Å². The Hall–Kier alpha value is -1.92. The van der Waals surface area contributed by atoms with Gasteiger partial charge in [-0.25, -0.2) is 0 Å². The average Bonchev–Trinajstić information content (AvgIpc) is 2.55. The van der Waals surface area contributed by atoms with Gasteiger partial charge in [-0.05, 0) is 0 Å². The second-order valence-corrected chi connectivity index (χ2v) is 1.76. The number of hydrazine groups is 1. The fourth-order valence-corrected chi connectivity index (χ4v) is 0.621. The maximum Gasteiger partial charge on any atom is 0.324 e. The summed E-state index contributed by atoms with van der Waals surface area (Å²) in [5, 5.41) is 16.6. The molecule has 0 saturated carbocycles. The number of aromatic nitrogens is 2. The number of hydrogen-bond acceptors (Lipinski definition) is 7. The van der Waals surface area contributed by atoms with E-state index in [1.165, 1.54) is 12.5 Å². The minimum absolute atomic E-state index is 0.243. The van der Waals surface area contributed by atoms with Gasteiger partial charge < -0.3 is 14.5 Å². The van der Waals surface area contributed by atoms with Gasteiger partial charge in [-0.15, -0.1) is 0 Å². The molecule has 7 heteroatoms. The summed E-state index contributed by atoms with van der Waals surface area (Å²) < 4.78 is 4.43. The second-order valence-electron chi connectivity index (χ2n) is 1.76. The van der Waals surface area contributed by atoms with E-state index in [0.29, 0.717) is 5.82 Å². The van der Waals surface area contributed by atoms with E-state index >= 15 is 0 Å². The first-order valence-corrected chi connectivity index (χ1v) is 2.77. The number of aliphatic hydroxyl groups is 1. The quantitative estimate of drug-likeness (QED) is 0.576. The topological polar surface area (TPSA) is 83.7 Å². The standard InChI is InChI=1S/C4H4N4O3/c9-4-1-5-8(11-4)3-2-10-7-6-3/h1-2,5,9H. The molecule has 11 heavy (non-hydrogen) atoms. The number of aliphatic hydroxyl groups excluding tert-OH is 1. The highest BCUT2D eigenvalue weighted by molar-refractivity contribution is 5.29. The maximum absolute atomic E-state index is 8.75. The smallest absolute Gasteiger partial charge is 0.324 e. The Kier molecular flexibility index (Phi) is 1.08. The van der Waals surface area contributed by atoms with Gasteiger partial charge >= 0.3 is 5.95 Å². The molecule has 58 valence electrons. The van der Waals surface area contributed by atoms with E-state index in [0.717, 1.165) is 5.17 Å². The van der Waals surface area contributed by atoms with Crippen LogP contribution in [0.4, 0.5) is 5.82 Å². The Bertz CT molecular complexity index is 269. The first-order valence-electron chi connectivity index (χ1n) is 2.77. The van der Waals surface area contributed by atoms with Crippen molar-refractivity contribution in [2.24, 2.45) is 0 Å². The van der Waals surface area contributed by atoms with Crippen LogP contribution in [0.1, 0.15) is 0 Å². The zero-order chi connectivity index (χ0) is 7.68. The Morgan fingerprint density at radius 1 is 1.64 bits per heavy atom. The van der Waals surface area contributed by atoms with Gasteiger partial charge in [-0.2, -0.15) is 0 Å². The van der Waals surface area contributed by atoms with Gasteiger partial charge in [0.15, 0.2) is 6.26 Å². The highest BCUT2D eigenvalue weighted by Gasteiger charge is 2.17. The van der Waals surface area contributed by atoms with E-state index in [9.17, 15) is 0 Å². The predicted molar refractivity (Wildman–Crippen MR) is 31.7 cm³/mol. The molecule has 0 fully saturated rings. The maximum atomic E-state index is 8.75. The van der Waals surface area contributed by atoms with Crippen molar-refractivity contribution in [2.45, 2.75) is 0 Å². The molecule has 0 bridgehead atoms. The second kappa shape index (κ2) is 2.04. The molecule has 2 heterocycles. The van der Waals surface area contributed by atoms with E-state index in [1.54, 1.807) is 0 Å². The number of hydrogen-bond donors (Lipinski definition) is 2. The number of nitrogens with one attached hydrogen (secondary N) is 1. The minimum atomic E-state index is -0.243. The fourth-order valence-electron chi connectivity index (χ4n) is 0.621. The largest absolute Gasteiger partial charge is 0.478 e. The summed E-state index contributed by atoms with van der Waals surface area (Å²) in [6, 6.07) is 0. The molecule has 1 aliphatic rings. The Labute approximate surface area is 60.8 Å². The molecule has 0 spiro atoms. The van der Waals surface area contributed by atoms with Crippen molar-refractivity contribution in [2.75, 3.05) is 5.17 Å². The molecule has 2 rings (SSSR count). The highest BCUT2D eigenvalue weighted by atomic mass is 16.8. The lowest BCUT2D eigenvalue weighted by Crippen LogP contribution is -2.28. The van der Waals surface area contributed by atoms with Crippen LogP contribution < -0.4 is 10.6 Å². The summed E-state index contributed by atoms with van der Waals surface area (Å²) in [6.07, 6.45) is 2.52. The van der Waals surface area contributed by atoms with Crippen LogP contribution in [0.5, 0.6) is 0 Å². The summed E-state index contributed by atoms with van der Waals surface area (Å²) in [4.78, 5) is 4.68. The lowest BCUT2D eigenvalue weighted by Gasteiger charge is -2.10. The monoisotopic (exact) mass is 156 g/mol. The SMILES string of the molecule is OC1=CNN(c2conn2)O1. The predicted octanol–water partition coefficient (Wildman–Crippen LogP) is -0.317. The summed E-state index contributed by atoms with van der Waals surface area (Å²) in [5.41, 5.74) is 2.55. The Morgan fingerprint density at radius 2 is 2.55 bits per heavy atom. The van der Waals surface area contributed by atoms with Crippen molar-refractivity contribution >= 4 is 5.82 Å². The third-order valence-electron chi connectivity index (χ3n) is 1.05. The number of anilines is 1. The van der Waals surface area contributed by atoms with E-state index < -0.39 is 0 Å². The Morgan fingerprint density at radius 3 is 3.09 bits per heavy atom. The highest BCUT2D eigenvalue weighted by Crippen LogP contribution is 2.12. The molecular formula is C4H4N4O3. The number of nitrogens with zero attached hydrogens (tertiary/aromatic N) is 3. The van der Waals surface area contributed by atoms with Crippen molar-refractivity contribution < 1.29 is 14.5 Å². The first kappa shape index (κ1) is 5.83. The lowest BCUT2D eigenvalue weighted by atomic mass is 10.8. The van der Waals surface area contributed by atoms with E-state index in [4.69, 9.17) is 5.11 Å². The average molecular weight is 156 g/mol. The molecule has 7 nitrogen and oxygen atoms in total. The summed E-state index contributed by atoms with van der Waals surface area (Å²) in [6.45, 7) is 0. The van der Waals surface area contributed by atoms with Crippen LogP contribution >= 0.6 is 0 Å². The third-order valence-corrected chi connectivity index (χ3v) is 1.05. The lowest BCUT2D eigenvalue weighted by molar-refractivity contribution is 0.0882. The van der Waals surface area contributed by atoms with Crippen LogP contribution in [0.3, 0.4) is 0 Å². The zero-order valence-electron chi connectivity index (χ0n) is 5.26. The fraction of sp³-hybridized carbons (Fsp3) is 0. The molecule has 1 aliphatic heterocycles. The molecule has 0 saturated heterocycles. The van der Waals surface area contributed by atoms with E-state index in [-0.39, 0.29) is 5.95 Å². The van der Waals surface area contributed by atoms with Crippen molar-refractivity contribution in [1.82, 2.24) is 15.8 Å². The van der Waals surface area contributed by atoms with Crippen LogP contribution in [0.2, 0.25) is 0 Å². The van der Waals surface area contributed by atoms with E-state index in [1.807, 2.05) is 0 Å². The summed E-state index contributed by atoms with van der Waals surface area (Å²) in [5.74, 6) is 0.0818. The molecule has 0 aromatic carbocycles. The van der Waals surface area contributed by atoms with Gasteiger partial charge in [0.2, 0.25) is 0 Å². The molecule has 0 amide bonds. The van der Waals surface area contributed by atoms with Gasteiger partial charge in [0, 0.05) is 5.27 Å². The van der Waals surface area contributed by atoms with E-state index in [2.05, 4.69) is 25.2 Å². The third kappa shape index (κ3) is 0.914. The van der Waals surface area contributed by atoms with Gasteiger partial charge in [0.1, 0.15) is 6.20 Å². The molecule has 2 N–H and O–H groups in total. The number of rotatable bonds is 1. The van der Waals surface area contributed by atoms with Crippen molar-refractivity contribution in [3.8, 4) is 0 Å². The summed E-state index contributed by atoms with van der Waals surface area (Å²) >= 11 is 0. The van der Waals surface area contributed by atoms with Crippen molar-refractivity contribution in [1.29, 1.82) is 0 Å². The van der Waals surface area contributed by atoms with Gasteiger partial charge in [-0.1, -0.05) is 10.3 Å². The van der Waals surface area contributed by atoms with Crippen LogP contribution in [-0.4, -0.2) is 15.5 Å². The van der Waals surface area contributed by atoms with Gasteiger partial charge in [-0.3, -0.25) is 5.43 Å². The van der Waals surface area contributed by atoms with Crippen LogP contribution in [0.15, 0.2) is 22.9 Å². The molecular weight excluding hydrogens is 152 g/mol. The Balaban J connectivity index is 2.11. The first-order chi connectivity index (χ1) is 5.36. The molecule has 1 aromatic heterocycles. The molecule has 0 atom stereocenters. The zero-order valence-corrected chi connectivity index (χ0v) is 5.26. The van der Waals surface area contributed by atoms with Gasteiger partial charge in [0.05, 0.1) is 0 Å². The summed E-state index contributed by atoms with van der Waals surface area (Å²) in [7, 11) is 0.